The van der Waals surface area contributed by atoms with Gasteiger partial charge in [-0.1, -0.05) is 17.3 Å². The molecular formula is C21H26N4O2S2. The van der Waals surface area contributed by atoms with Gasteiger partial charge in [0.1, 0.15) is 0 Å². The molecule has 0 radical (unpaired) electrons. The summed E-state index contributed by atoms with van der Waals surface area (Å²) in [4.78, 5) is 23.7. The lowest BCUT2D eigenvalue weighted by molar-refractivity contribution is -0.133. The van der Waals surface area contributed by atoms with Gasteiger partial charge in [0.2, 0.25) is 17.6 Å². The van der Waals surface area contributed by atoms with Crippen molar-refractivity contribution in [1.29, 1.82) is 0 Å². The average molecular weight is 431 g/mol. The Hall–Kier alpha value is -2.03. The number of hydrogen-bond donors (Lipinski definition) is 0. The number of aromatic nitrogens is 2. The topological polar surface area (TPSA) is 62.5 Å². The third-order valence-electron chi connectivity index (χ3n) is 5.19. The second-order valence-electron chi connectivity index (χ2n) is 7.25. The first-order valence-corrected chi connectivity index (χ1v) is 11.9. The van der Waals surface area contributed by atoms with Gasteiger partial charge in [0.15, 0.2) is 0 Å². The molecule has 0 bridgehead atoms. The van der Waals surface area contributed by atoms with Crippen molar-refractivity contribution in [1.82, 2.24) is 19.9 Å². The predicted octanol–water partition coefficient (Wildman–Crippen LogP) is 3.96. The molecule has 154 valence electrons. The number of aryl methyl sites for hydroxylation is 2. The van der Waals surface area contributed by atoms with Crippen molar-refractivity contribution in [3.05, 3.63) is 45.8 Å². The quantitative estimate of drug-likeness (QED) is 0.514. The third kappa shape index (κ3) is 5.74. The van der Waals surface area contributed by atoms with Gasteiger partial charge in [-0.15, -0.1) is 22.7 Å². The minimum absolute atomic E-state index is 0.299. The van der Waals surface area contributed by atoms with E-state index in [0.717, 1.165) is 63.3 Å². The third-order valence-corrected chi connectivity index (χ3v) is 7.00. The van der Waals surface area contributed by atoms with Crippen molar-refractivity contribution < 1.29 is 9.32 Å². The molecule has 1 aliphatic rings. The Bertz CT molecular complexity index is 869. The second kappa shape index (κ2) is 10.1. The van der Waals surface area contributed by atoms with E-state index in [-0.39, 0.29) is 0 Å². The average Bonchev–Trinajstić information content (AvgIpc) is 3.50. The zero-order chi connectivity index (χ0) is 19.9. The monoisotopic (exact) mass is 430 g/mol. The highest BCUT2D eigenvalue weighted by atomic mass is 32.1. The zero-order valence-electron chi connectivity index (χ0n) is 16.5. The number of carbonyl (C=O) groups is 1. The summed E-state index contributed by atoms with van der Waals surface area (Å²) in [5.74, 6) is 1.68. The summed E-state index contributed by atoms with van der Waals surface area (Å²) in [5.41, 5.74) is 0. The van der Waals surface area contributed by atoms with Gasteiger partial charge < -0.3 is 9.42 Å². The van der Waals surface area contributed by atoms with Crippen LogP contribution in [0.5, 0.6) is 0 Å². The number of rotatable bonds is 9. The molecule has 8 heteroatoms. The van der Waals surface area contributed by atoms with Gasteiger partial charge in [0.25, 0.3) is 0 Å². The van der Waals surface area contributed by atoms with E-state index in [0.29, 0.717) is 24.0 Å². The zero-order valence-corrected chi connectivity index (χ0v) is 18.1. The fraction of sp³-hybridized carbons (Fsp3) is 0.476. The first-order valence-electron chi connectivity index (χ1n) is 10.2. The number of thiophene rings is 2. The van der Waals surface area contributed by atoms with Crippen LogP contribution in [0.2, 0.25) is 0 Å². The number of nitrogens with zero attached hydrogens (tertiary/aromatic N) is 4. The molecular weight excluding hydrogens is 404 g/mol. The van der Waals surface area contributed by atoms with E-state index in [2.05, 4.69) is 32.6 Å². The maximum atomic E-state index is 12.4. The van der Waals surface area contributed by atoms with Crippen LogP contribution in [0.15, 0.2) is 39.5 Å². The lowest BCUT2D eigenvalue weighted by Gasteiger charge is -2.34. The lowest BCUT2D eigenvalue weighted by Crippen LogP contribution is -2.48. The van der Waals surface area contributed by atoms with Crippen LogP contribution < -0.4 is 0 Å². The van der Waals surface area contributed by atoms with Crippen LogP contribution >= 0.6 is 22.7 Å². The van der Waals surface area contributed by atoms with Crippen molar-refractivity contribution in [2.45, 2.75) is 32.1 Å². The molecule has 1 aliphatic heterocycles. The molecule has 4 heterocycles. The van der Waals surface area contributed by atoms with Gasteiger partial charge in [0.05, 0.1) is 4.88 Å². The molecule has 0 spiro atoms. The Kier molecular flexibility index (Phi) is 7.08. The van der Waals surface area contributed by atoms with Crippen LogP contribution in [0.25, 0.3) is 10.7 Å². The molecule has 0 aliphatic carbocycles. The summed E-state index contributed by atoms with van der Waals surface area (Å²) in [5, 5.41) is 8.17. The fourth-order valence-electron chi connectivity index (χ4n) is 3.56. The highest BCUT2D eigenvalue weighted by Crippen LogP contribution is 2.21. The van der Waals surface area contributed by atoms with Crippen LogP contribution in [-0.2, 0) is 17.6 Å². The first-order chi connectivity index (χ1) is 14.3. The number of hydrogen-bond acceptors (Lipinski definition) is 7. The number of amides is 1. The van der Waals surface area contributed by atoms with Crippen LogP contribution in [0.1, 0.15) is 30.0 Å². The molecule has 6 nitrogen and oxygen atoms in total. The summed E-state index contributed by atoms with van der Waals surface area (Å²) >= 11 is 3.39. The van der Waals surface area contributed by atoms with Gasteiger partial charge in [-0.2, -0.15) is 4.98 Å². The minimum atomic E-state index is 0.299. The standard InChI is InChI=1S/C21H26N4O2S2/c26-20(9-1-5-17-6-3-15-28-17)25-13-11-24(12-14-25)10-2-8-19-22-21(23-27-19)18-7-4-16-29-18/h3-4,6-7,15-16H,1-2,5,8-14H2. The molecule has 0 N–H and O–H groups in total. The van der Waals surface area contributed by atoms with E-state index >= 15 is 0 Å². The van der Waals surface area contributed by atoms with Crippen molar-refractivity contribution in [2.24, 2.45) is 0 Å². The molecule has 0 saturated carbocycles. The molecule has 0 atom stereocenters. The Labute approximate surface area is 179 Å². The van der Waals surface area contributed by atoms with Gasteiger partial charge in [-0.3, -0.25) is 9.69 Å². The molecule has 3 aromatic rings. The van der Waals surface area contributed by atoms with Crippen LogP contribution in [-0.4, -0.2) is 58.6 Å². The summed E-state index contributed by atoms with van der Waals surface area (Å²) in [7, 11) is 0. The fourth-order valence-corrected chi connectivity index (χ4v) is 4.96. The lowest BCUT2D eigenvalue weighted by atomic mass is 10.2. The summed E-state index contributed by atoms with van der Waals surface area (Å²) in [6, 6.07) is 8.21. The van der Waals surface area contributed by atoms with E-state index in [1.807, 2.05) is 22.4 Å². The molecule has 3 aromatic heterocycles. The van der Waals surface area contributed by atoms with E-state index < -0.39 is 0 Å². The van der Waals surface area contributed by atoms with Crippen LogP contribution in [0, 0.1) is 0 Å². The van der Waals surface area contributed by atoms with E-state index in [4.69, 9.17) is 4.52 Å². The van der Waals surface area contributed by atoms with Crippen molar-refractivity contribution in [3.63, 3.8) is 0 Å². The summed E-state index contributed by atoms with van der Waals surface area (Å²) in [6.45, 7) is 4.56. The summed E-state index contributed by atoms with van der Waals surface area (Å²) in [6.07, 6.45) is 4.38. The van der Waals surface area contributed by atoms with Crippen molar-refractivity contribution in [3.8, 4) is 10.7 Å². The Balaban J connectivity index is 1.12. The predicted molar refractivity (Wildman–Crippen MR) is 116 cm³/mol. The first kappa shape index (κ1) is 20.3. The van der Waals surface area contributed by atoms with Gasteiger partial charge in [0, 0.05) is 43.9 Å². The molecule has 0 unspecified atom stereocenters. The van der Waals surface area contributed by atoms with Crippen LogP contribution in [0.4, 0.5) is 0 Å². The molecule has 1 fully saturated rings. The maximum absolute atomic E-state index is 12.4. The Morgan fingerprint density at radius 2 is 1.86 bits per heavy atom. The number of carbonyl (C=O) groups excluding carboxylic acids is 1. The second-order valence-corrected chi connectivity index (χ2v) is 9.23. The van der Waals surface area contributed by atoms with Gasteiger partial charge >= 0.3 is 0 Å². The molecule has 4 rings (SSSR count). The van der Waals surface area contributed by atoms with Crippen molar-refractivity contribution >= 4 is 28.6 Å². The molecule has 0 aromatic carbocycles. The van der Waals surface area contributed by atoms with Crippen LogP contribution in [0.3, 0.4) is 0 Å². The maximum Gasteiger partial charge on any atom is 0.227 e. The highest BCUT2D eigenvalue weighted by molar-refractivity contribution is 7.13. The van der Waals surface area contributed by atoms with Crippen molar-refractivity contribution in [2.75, 3.05) is 32.7 Å². The van der Waals surface area contributed by atoms with E-state index in [1.165, 1.54) is 4.88 Å². The Morgan fingerprint density at radius 3 is 2.62 bits per heavy atom. The van der Waals surface area contributed by atoms with Gasteiger partial charge in [-0.25, -0.2) is 0 Å². The Morgan fingerprint density at radius 1 is 1.03 bits per heavy atom. The van der Waals surface area contributed by atoms with E-state index in [9.17, 15) is 4.79 Å². The highest BCUT2D eigenvalue weighted by Gasteiger charge is 2.20. The molecule has 1 amide bonds. The molecule has 1 saturated heterocycles. The normalized spacial score (nSPS) is 15.1. The van der Waals surface area contributed by atoms with Gasteiger partial charge in [-0.05, 0) is 48.7 Å². The van der Waals surface area contributed by atoms with E-state index in [1.54, 1.807) is 22.7 Å². The SMILES string of the molecule is O=C(CCCc1cccs1)N1CCN(CCCc2nc(-c3cccs3)no2)CC1. The minimum Gasteiger partial charge on any atom is -0.340 e. The molecule has 29 heavy (non-hydrogen) atoms. The number of piperazine rings is 1. The largest absolute Gasteiger partial charge is 0.340 e. The smallest absolute Gasteiger partial charge is 0.227 e. The summed E-state index contributed by atoms with van der Waals surface area (Å²) < 4.78 is 5.37.